The first-order valence-electron chi connectivity index (χ1n) is 10.1. The van der Waals surface area contributed by atoms with Crippen LogP contribution in [0.3, 0.4) is 0 Å². The average Bonchev–Trinajstić information content (AvgIpc) is 3.70. The third kappa shape index (κ3) is 5.50. The molecule has 2 aliphatic rings. The van der Waals surface area contributed by atoms with Gasteiger partial charge >= 0.3 is 0 Å². The molecule has 2 aromatic carbocycles. The van der Waals surface area contributed by atoms with Gasteiger partial charge in [0, 0.05) is 0 Å². The summed E-state index contributed by atoms with van der Waals surface area (Å²) in [6, 6.07) is 15.5. The molecule has 0 amide bonds. The van der Waals surface area contributed by atoms with E-state index in [1.165, 1.54) is 0 Å². The van der Waals surface area contributed by atoms with Crippen LogP contribution in [-0.4, -0.2) is 63.1 Å². The average molecular weight is 416 g/mol. The molecular weight excluding hydrogens is 388 g/mol. The van der Waals surface area contributed by atoms with Crippen molar-refractivity contribution in [1.82, 2.24) is 0 Å². The largest absolute Gasteiger partial charge is 0.497 e. The third-order valence-corrected chi connectivity index (χ3v) is 5.34. The maximum absolute atomic E-state index is 10.4. The van der Waals surface area contributed by atoms with E-state index in [1.807, 2.05) is 48.5 Å². The third-order valence-electron chi connectivity index (χ3n) is 5.34. The summed E-state index contributed by atoms with van der Waals surface area (Å²) < 4.78 is 32.8. The smallest absolute Gasteiger partial charge is 0.118 e. The van der Waals surface area contributed by atoms with Crippen molar-refractivity contribution < 1.29 is 33.5 Å². The van der Waals surface area contributed by atoms with Gasteiger partial charge in [-0.05, 0) is 35.4 Å². The number of benzene rings is 2. The van der Waals surface area contributed by atoms with Crippen LogP contribution in [0.2, 0.25) is 0 Å². The molecule has 4 atom stereocenters. The van der Waals surface area contributed by atoms with E-state index in [1.54, 1.807) is 14.2 Å². The van der Waals surface area contributed by atoms with Gasteiger partial charge in [-0.15, -0.1) is 0 Å². The highest BCUT2D eigenvalue weighted by Gasteiger charge is 2.55. The quantitative estimate of drug-likeness (QED) is 0.532. The first-order valence-corrected chi connectivity index (χ1v) is 10.1. The topological polar surface area (TPSA) is 82.2 Å². The number of rotatable bonds is 12. The van der Waals surface area contributed by atoms with Gasteiger partial charge in [-0.2, -0.15) is 0 Å². The molecule has 162 valence electrons. The SMILES string of the molecule is COc1ccc(COC[C@@H]2O[C@@H]2C(O)[C@H]2O[C@H]2COCc2ccc(OC)cc2)cc1. The van der Waals surface area contributed by atoms with E-state index >= 15 is 0 Å². The molecule has 0 bridgehead atoms. The van der Waals surface area contributed by atoms with Crippen molar-refractivity contribution in [3.8, 4) is 11.5 Å². The van der Waals surface area contributed by atoms with E-state index in [0.29, 0.717) is 26.4 Å². The van der Waals surface area contributed by atoms with Crippen LogP contribution in [0.1, 0.15) is 11.1 Å². The summed E-state index contributed by atoms with van der Waals surface area (Å²) in [5.41, 5.74) is 2.13. The Morgan fingerprint density at radius 1 is 0.733 bits per heavy atom. The molecule has 0 spiro atoms. The fourth-order valence-electron chi connectivity index (χ4n) is 3.40. The molecule has 2 aliphatic heterocycles. The maximum Gasteiger partial charge on any atom is 0.118 e. The summed E-state index contributed by atoms with van der Waals surface area (Å²) in [6.07, 6.45) is -1.32. The zero-order chi connectivity index (χ0) is 20.9. The molecule has 0 aliphatic carbocycles. The summed E-state index contributed by atoms with van der Waals surface area (Å²) in [7, 11) is 3.28. The van der Waals surface area contributed by atoms with Crippen molar-refractivity contribution in [3.63, 3.8) is 0 Å². The Bertz CT molecular complexity index is 725. The summed E-state index contributed by atoms with van der Waals surface area (Å²) in [4.78, 5) is 0. The van der Waals surface area contributed by atoms with E-state index in [9.17, 15) is 5.11 Å². The van der Waals surface area contributed by atoms with Crippen LogP contribution >= 0.6 is 0 Å². The summed E-state index contributed by atoms with van der Waals surface area (Å²) >= 11 is 0. The van der Waals surface area contributed by atoms with Gasteiger partial charge in [0.2, 0.25) is 0 Å². The molecule has 2 heterocycles. The Labute approximate surface area is 176 Å². The second kappa shape index (κ2) is 9.76. The predicted molar refractivity (Wildman–Crippen MR) is 109 cm³/mol. The van der Waals surface area contributed by atoms with E-state index in [0.717, 1.165) is 22.6 Å². The minimum Gasteiger partial charge on any atom is -0.497 e. The van der Waals surface area contributed by atoms with E-state index in [4.69, 9.17) is 28.4 Å². The van der Waals surface area contributed by atoms with Crippen molar-refractivity contribution in [2.45, 2.75) is 43.7 Å². The highest BCUT2D eigenvalue weighted by Crippen LogP contribution is 2.36. The fraction of sp³-hybridized carbons (Fsp3) is 0.478. The monoisotopic (exact) mass is 416 g/mol. The normalized spacial score (nSPS) is 24.7. The van der Waals surface area contributed by atoms with E-state index in [2.05, 4.69) is 0 Å². The minimum atomic E-state index is -0.658. The zero-order valence-corrected chi connectivity index (χ0v) is 17.2. The molecule has 0 radical (unpaired) electrons. The molecule has 0 aromatic heterocycles. The molecule has 2 fully saturated rings. The molecule has 4 rings (SSSR count). The predicted octanol–water partition coefficient (Wildman–Crippen LogP) is 2.33. The highest BCUT2D eigenvalue weighted by atomic mass is 16.7. The Hall–Kier alpha value is -2.16. The maximum atomic E-state index is 10.4. The van der Waals surface area contributed by atoms with Crippen molar-refractivity contribution in [3.05, 3.63) is 59.7 Å². The molecule has 0 unspecified atom stereocenters. The zero-order valence-electron chi connectivity index (χ0n) is 17.2. The second-order valence-corrected chi connectivity index (χ2v) is 7.50. The van der Waals surface area contributed by atoms with E-state index in [-0.39, 0.29) is 24.4 Å². The first kappa shape index (κ1) is 21.1. The molecule has 1 N–H and O–H groups in total. The number of aliphatic hydroxyl groups is 1. The molecule has 2 saturated heterocycles. The minimum absolute atomic E-state index is 0.0942. The van der Waals surface area contributed by atoms with Crippen LogP contribution in [-0.2, 0) is 32.2 Å². The molecule has 0 saturated carbocycles. The van der Waals surface area contributed by atoms with Crippen molar-refractivity contribution >= 4 is 0 Å². The Balaban J connectivity index is 1.10. The second-order valence-electron chi connectivity index (χ2n) is 7.50. The molecular formula is C23H28O7. The Kier molecular flexibility index (Phi) is 6.86. The fourth-order valence-corrected chi connectivity index (χ4v) is 3.40. The number of methoxy groups -OCH3 is 2. The highest BCUT2D eigenvalue weighted by molar-refractivity contribution is 5.27. The number of aliphatic hydroxyl groups excluding tert-OH is 1. The van der Waals surface area contributed by atoms with Gasteiger partial charge in [-0.3, -0.25) is 0 Å². The van der Waals surface area contributed by atoms with Gasteiger partial charge in [-0.25, -0.2) is 0 Å². The first-order chi connectivity index (χ1) is 14.7. The summed E-state index contributed by atoms with van der Waals surface area (Å²) in [6.45, 7) is 1.88. The van der Waals surface area contributed by atoms with Crippen LogP contribution < -0.4 is 9.47 Å². The van der Waals surface area contributed by atoms with Crippen LogP contribution in [0.25, 0.3) is 0 Å². The van der Waals surface area contributed by atoms with Crippen LogP contribution in [0, 0.1) is 0 Å². The summed E-state index contributed by atoms with van der Waals surface area (Å²) in [5, 5.41) is 10.4. The molecule has 7 nitrogen and oxygen atoms in total. The van der Waals surface area contributed by atoms with Gasteiger partial charge in [0.15, 0.2) is 0 Å². The van der Waals surface area contributed by atoms with Crippen LogP contribution in [0.15, 0.2) is 48.5 Å². The van der Waals surface area contributed by atoms with Crippen LogP contribution in [0.5, 0.6) is 11.5 Å². The van der Waals surface area contributed by atoms with Crippen LogP contribution in [0.4, 0.5) is 0 Å². The standard InChI is InChI=1S/C23H28O7/c1-25-17-7-3-15(4-8-17)11-27-13-19-22(29-19)21(24)23-20(30-23)14-28-12-16-5-9-18(26-2)10-6-16/h3-10,19-24H,11-14H2,1-2H3/t19-,20-,22-,23-/m0/s1. The molecule has 7 heteroatoms. The summed E-state index contributed by atoms with van der Waals surface area (Å²) in [5.74, 6) is 1.64. The Morgan fingerprint density at radius 3 is 1.50 bits per heavy atom. The van der Waals surface area contributed by atoms with Crippen molar-refractivity contribution in [2.75, 3.05) is 27.4 Å². The Morgan fingerprint density at radius 2 is 1.13 bits per heavy atom. The molecule has 2 aromatic rings. The lowest BCUT2D eigenvalue weighted by Gasteiger charge is -2.06. The number of hydrogen-bond donors (Lipinski definition) is 1. The number of hydrogen-bond acceptors (Lipinski definition) is 7. The van der Waals surface area contributed by atoms with Gasteiger partial charge in [0.05, 0.1) is 40.6 Å². The lowest BCUT2D eigenvalue weighted by atomic mass is 10.1. The lowest BCUT2D eigenvalue weighted by molar-refractivity contribution is 0.102. The van der Waals surface area contributed by atoms with Crippen molar-refractivity contribution in [1.29, 1.82) is 0 Å². The van der Waals surface area contributed by atoms with E-state index < -0.39 is 6.10 Å². The lowest BCUT2D eigenvalue weighted by Crippen LogP contribution is -2.27. The van der Waals surface area contributed by atoms with Gasteiger partial charge in [0.25, 0.3) is 0 Å². The van der Waals surface area contributed by atoms with Gasteiger partial charge < -0.3 is 33.5 Å². The number of ether oxygens (including phenoxy) is 6. The molecule has 30 heavy (non-hydrogen) atoms. The van der Waals surface area contributed by atoms with Crippen molar-refractivity contribution in [2.24, 2.45) is 0 Å². The number of epoxide rings is 2. The van der Waals surface area contributed by atoms with Gasteiger partial charge in [-0.1, -0.05) is 24.3 Å². The van der Waals surface area contributed by atoms with Gasteiger partial charge in [0.1, 0.15) is 42.0 Å².